The van der Waals surface area contributed by atoms with Crippen molar-refractivity contribution in [3.8, 4) is 11.4 Å². The minimum absolute atomic E-state index is 0.300. The first kappa shape index (κ1) is 8.25. The van der Waals surface area contributed by atoms with Crippen molar-refractivity contribution in [3.05, 3.63) is 39.2 Å². The topological polar surface area (TPSA) is 61.5 Å². The highest BCUT2D eigenvalue weighted by molar-refractivity contribution is 9.10. The van der Waals surface area contributed by atoms with E-state index < -0.39 is 0 Å². The Hall–Kier alpha value is -1.36. The molecule has 0 radical (unpaired) electrons. The van der Waals surface area contributed by atoms with Crippen LogP contribution in [0, 0.1) is 0 Å². The number of hydrogen-bond acceptors (Lipinski definition) is 2. The number of rotatable bonds is 1. The van der Waals surface area contributed by atoms with Gasteiger partial charge in [-0.3, -0.25) is 4.98 Å². The number of nitrogens with one attached hydrogen (secondary N) is 2. The van der Waals surface area contributed by atoms with Crippen LogP contribution in [0.5, 0.6) is 0 Å². The number of halogens is 1. The van der Waals surface area contributed by atoms with Crippen LogP contribution >= 0.6 is 15.9 Å². The molecule has 0 bridgehead atoms. The molecule has 1 aromatic heterocycles. The normalized spacial score (nSPS) is 10.2. The van der Waals surface area contributed by atoms with Gasteiger partial charge in [0.25, 0.3) is 0 Å². The van der Waals surface area contributed by atoms with E-state index in [1.54, 1.807) is 0 Å². The third-order valence-electron chi connectivity index (χ3n) is 1.63. The maximum Gasteiger partial charge on any atom is 0.340 e. The Balaban J connectivity index is 2.58. The van der Waals surface area contributed by atoms with Gasteiger partial charge in [-0.15, -0.1) is 0 Å². The van der Waals surface area contributed by atoms with Gasteiger partial charge < -0.3 is 0 Å². The van der Waals surface area contributed by atoms with Gasteiger partial charge >= 0.3 is 5.69 Å². The van der Waals surface area contributed by atoms with Crippen molar-refractivity contribution in [1.29, 1.82) is 0 Å². The summed E-state index contributed by atoms with van der Waals surface area (Å²) in [6.45, 7) is 0. The molecule has 0 saturated heterocycles. The van der Waals surface area contributed by atoms with Gasteiger partial charge in [0.05, 0.1) is 0 Å². The van der Waals surface area contributed by atoms with Crippen molar-refractivity contribution in [2.24, 2.45) is 0 Å². The fourth-order valence-corrected chi connectivity index (χ4v) is 1.52. The highest BCUT2D eigenvalue weighted by atomic mass is 79.9. The molecule has 4 nitrogen and oxygen atoms in total. The quantitative estimate of drug-likeness (QED) is 0.793. The Bertz CT molecular complexity index is 474. The van der Waals surface area contributed by atoms with Crippen molar-refractivity contribution in [1.82, 2.24) is 15.2 Å². The second-order valence-electron chi connectivity index (χ2n) is 2.51. The molecule has 1 heterocycles. The van der Waals surface area contributed by atoms with Crippen LogP contribution in [0.2, 0.25) is 0 Å². The van der Waals surface area contributed by atoms with E-state index in [0.29, 0.717) is 5.82 Å². The van der Waals surface area contributed by atoms with Gasteiger partial charge in [-0.25, -0.2) is 9.89 Å². The fraction of sp³-hybridized carbons (Fsp3) is 0. The van der Waals surface area contributed by atoms with Crippen LogP contribution < -0.4 is 5.69 Å². The number of benzene rings is 1. The van der Waals surface area contributed by atoms with Crippen LogP contribution in [0.15, 0.2) is 33.5 Å². The van der Waals surface area contributed by atoms with E-state index >= 15 is 0 Å². The largest absolute Gasteiger partial charge is 0.340 e. The lowest BCUT2D eigenvalue weighted by atomic mass is 10.2. The van der Waals surface area contributed by atoms with Gasteiger partial charge in [-0.2, -0.15) is 5.10 Å². The van der Waals surface area contributed by atoms with Gasteiger partial charge in [-0.1, -0.05) is 34.1 Å². The lowest BCUT2D eigenvalue weighted by molar-refractivity contribution is 1.05. The van der Waals surface area contributed by atoms with Crippen LogP contribution in [0.4, 0.5) is 0 Å². The third kappa shape index (κ3) is 1.55. The van der Waals surface area contributed by atoms with E-state index in [4.69, 9.17) is 0 Å². The lowest BCUT2D eigenvalue weighted by Gasteiger charge is -1.97. The molecule has 0 amide bonds. The van der Waals surface area contributed by atoms with Gasteiger partial charge in [0, 0.05) is 10.0 Å². The molecular weight excluding hydrogens is 234 g/mol. The monoisotopic (exact) mass is 239 g/mol. The van der Waals surface area contributed by atoms with Crippen LogP contribution in [-0.4, -0.2) is 15.2 Å². The molecule has 2 aromatic rings. The van der Waals surface area contributed by atoms with Gasteiger partial charge in [0.15, 0.2) is 5.82 Å². The van der Waals surface area contributed by atoms with Crippen molar-refractivity contribution < 1.29 is 0 Å². The van der Waals surface area contributed by atoms with Gasteiger partial charge in [0.1, 0.15) is 0 Å². The summed E-state index contributed by atoms with van der Waals surface area (Å²) < 4.78 is 0.901. The summed E-state index contributed by atoms with van der Waals surface area (Å²) in [4.78, 5) is 13.4. The number of aromatic nitrogens is 3. The summed E-state index contributed by atoms with van der Waals surface area (Å²) in [5, 5.41) is 6.14. The maximum atomic E-state index is 10.8. The molecule has 0 spiro atoms. The number of H-pyrrole nitrogens is 2. The fourth-order valence-electron chi connectivity index (χ4n) is 1.05. The minimum Gasteiger partial charge on any atom is -0.289 e. The van der Waals surface area contributed by atoms with E-state index in [9.17, 15) is 4.79 Å². The molecule has 0 atom stereocenters. The molecule has 0 aliphatic carbocycles. The number of nitrogens with zero attached hydrogens (tertiary/aromatic N) is 1. The zero-order valence-electron chi connectivity index (χ0n) is 6.54. The molecule has 2 N–H and O–H groups in total. The Morgan fingerprint density at radius 3 is 2.69 bits per heavy atom. The molecule has 2 rings (SSSR count). The smallest absolute Gasteiger partial charge is 0.289 e. The van der Waals surface area contributed by atoms with E-state index in [1.807, 2.05) is 24.3 Å². The molecule has 0 aliphatic heterocycles. The van der Waals surface area contributed by atoms with E-state index in [-0.39, 0.29) is 5.69 Å². The molecule has 0 fully saturated rings. The molecule has 66 valence electrons. The van der Waals surface area contributed by atoms with Crippen molar-refractivity contribution in [2.45, 2.75) is 0 Å². The second-order valence-corrected chi connectivity index (χ2v) is 3.36. The molecule has 0 saturated carbocycles. The highest BCUT2D eigenvalue weighted by Crippen LogP contribution is 2.23. The average molecular weight is 240 g/mol. The minimum atomic E-state index is -0.300. The highest BCUT2D eigenvalue weighted by Gasteiger charge is 2.04. The summed E-state index contributed by atoms with van der Waals surface area (Å²) >= 11 is 3.37. The number of hydrogen-bond donors (Lipinski definition) is 2. The van der Waals surface area contributed by atoms with Crippen molar-refractivity contribution >= 4 is 15.9 Å². The van der Waals surface area contributed by atoms with E-state index in [0.717, 1.165) is 10.0 Å². The molecule has 0 unspecified atom stereocenters. The lowest BCUT2D eigenvalue weighted by Crippen LogP contribution is -2.00. The zero-order chi connectivity index (χ0) is 9.26. The van der Waals surface area contributed by atoms with Crippen LogP contribution in [0.1, 0.15) is 0 Å². The molecule has 5 heteroatoms. The Kier molecular flexibility index (Phi) is 2.02. The van der Waals surface area contributed by atoms with Crippen molar-refractivity contribution in [2.75, 3.05) is 0 Å². The summed E-state index contributed by atoms with van der Waals surface area (Å²) in [5.41, 5.74) is 0.562. The summed E-state index contributed by atoms with van der Waals surface area (Å²) in [5.74, 6) is 0.539. The summed E-state index contributed by atoms with van der Waals surface area (Å²) in [7, 11) is 0. The first-order valence-electron chi connectivity index (χ1n) is 3.67. The predicted octanol–water partition coefficient (Wildman–Crippen LogP) is 1.53. The molecule has 0 aliphatic rings. The Labute approximate surface area is 82.1 Å². The Morgan fingerprint density at radius 2 is 2.08 bits per heavy atom. The third-order valence-corrected chi connectivity index (χ3v) is 2.32. The SMILES string of the molecule is O=c1[nH]nc(-c2ccccc2Br)[nH]1. The van der Waals surface area contributed by atoms with Crippen LogP contribution in [-0.2, 0) is 0 Å². The molecule has 13 heavy (non-hydrogen) atoms. The summed E-state index contributed by atoms with van der Waals surface area (Å²) in [6.07, 6.45) is 0. The summed E-state index contributed by atoms with van der Waals surface area (Å²) in [6, 6.07) is 7.55. The maximum absolute atomic E-state index is 10.8. The first-order chi connectivity index (χ1) is 6.27. The van der Waals surface area contributed by atoms with Crippen LogP contribution in [0.3, 0.4) is 0 Å². The standard InChI is InChI=1S/C8H6BrN3O/c9-6-4-2-1-3-5(6)7-10-8(13)12-11-7/h1-4H,(H2,10,11,12,13). The Morgan fingerprint density at radius 1 is 1.31 bits per heavy atom. The molecular formula is C8H6BrN3O. The average Bonchev–Trinajstić information content (AvgIpc) is 2.53. The predicted molar refractivity (Wildman–Crippen MR) is 52.3 cm³/mol. The van der Waals surface area contributed by atoms with Crippen LogP contribution in [0.25, 0.3) is 11.4 Å². The first-order valence-corrected chi connectivity index (χ1v) is 4.46. The van der Waals surface area contributed by atoms with E-state index in [1.165, 1.54) is 0 Å². The van der Waals surface area contributed by atoms with E-state index in [2.05, 4.69) is 31.1 Å². The number of aromatic amines is 2. The zero-order valence-corrected chi connectivity index (χ0v) is 8.13. The second kappa shape index (κ2) is 3.18. The van der Waals surface area contributed by atoms with Gasteiger partial charge in [-0.05, 0) is 6.07 Å². The molecule has 1 aromatic carbocycles. The van der Waals surface area contributed by atoms with Gasteiger partial charge in [0.2, 0.25) is 0 Å². The van der Waals surface area contributed by atoms with Crippen molar-refractivity contribution in [3.63, 3.8) is 0 Å².